The fraction of sp³-hybridized carbons (Fsp3) is 0.182. The minimum absolute atomic E-state index is 0.571. The van der Waals surface area contributed by atoms with E-state index in [4.69, 9.17) is 17.3 Å². The third-order valence-electron chi connectivity index (χ3n) is 2.10. The summed E-state index contributed by atoms with van der Waals surface area (Å²) >= 11 is 11.0. The summed E-state index contributed by atoms with van der Waals surface area (Å²) in [7, 11) is 0. The van der Waals surface area contributed by atoms with E-state index in [2.05, 4.69) is 20.9 Å². The molecule has 2 nitrogen and oxygen atoms in total. The van der Waals surface area contributed by atoms with Crippen LogP contribution in [0.4, 0.5) is 0 Å². The Balaban J connectivity index is 2.37. The molecule has 84 valence electrons. The van der Waals surface area contributed by atoms with Gasteiger partial charge in [0.1, 0.15) is 9.34 Å². The molecule has 0 bridgehead atoms. The number of thiazole rings is 1. The van der Waals surface area contributed by atoms with E-state index in [1.54, 1.807) is 0 Å². The Hall–Kier alpha value is -0.420. The van der Waals surface area contributed by atoms with E-state index in [0.29, 0.717) is 6.54 Å². The molecule has 2 aromatic rings. The van der Waals surface area contributed by atoms with E-state index in [1.807, 2.05) is 24.3 Å². The maximum atomic E-state index is 6.10. The minimum atomic E-state index is 0.571. The van der Waals surface area contributed by atoms with Gasteiger partial charge >= 0.3 is 0 Å². The average molecular weight is 318 g/mol. The number of halogens is 2. The van der Waals surface area contributed by atoms with Crippen molar-refractivity contribution in [2.75, 3.05) is 6.54 Å². The Morgan fingerprint density at radius 2 is 2.25 bits per heavy atom. The molecule has 0 saturated carbocycles. The quantitative estimate of drug-likeness (QED) is 0.937. The molecule has 0 atom stereocenters. The first-order valence-corrected chi connectivity index (χ1v) is 6.80. The molecule has 0 spiro atoms. The van der Waals surface area contributed by atoms with E-state index < -0.39 is 0 Å². The first-order valence-electron chi connectivity index (χ1n) is 4.82. The number of benzene rings is 1. The zero-order valence-electron chi connectivity index (χ0n) is 8.41. The van der Waals surface area contributed by atoms with Crippen LogP contribution in [0.25, 0.3) is 10.6 Å². The Bertz CT molecular complexity index is 498. The fourth-order valence-corrected chi connectivity index (χ4v) is 2.96. The number of hydrogen-bond donors (Lipinski definition) is 1. The Morgan fingerprint density at radius 1 is 1.44 bits per heavy atom. The largest absolute Gasteiger partial charge is 0.330 e. The zero-order chi connectivity index (χ0) is 11.5. The number of aromatic nitrogens is 1. The van der Waals surface area contributed by atoms with Crippen LogP contribution >= 0.6 is 38.9 Å². The third-order valence-corrected chi connectivity index (χ3v) is 3.98. The van der Waals surface area contributed by atoms with Crippen molar-refractivity contribution in [2.24, 2.45) is 5.73 Å². The van der Waals surface area contributed by atoms with Crippen LogP contribution < -0.4 is 5.73 Å². The average Bonchev–Trinajstić information content (AvgIpc) is 2.61. The second kappa shape index (κ2) is 5.27. The summed E-state index contributed by atoms with van der Waals surface area (Å²) in [6.07, 6.45) is 0.726. The third kappa shape index (κ3) is 2.63. The van der Waals surface area contributed by atoms with Gasteiger partial charge in [0.2, 0.25) is 0 Å². The van der Waals surface area contributed by atoms with Gasteiger partial charge in [-0.1, -0.05) is 39.7 Å². The lowest BCUT2D eigenvalue weighted by Gasteiger charge is -1.96. The van der Waals surface area contributed by atoms with E-state index in [-0.39, 0.29) is 0 Å². The molecule has 2 rings (SSSR count). The molecule has 0 amide bonds. The SMILES string of the molecule is NCCc1nc(-c2cccc(Br)c2)sc1Cl. The van der Waals surface area contributed by atoms with Gasteiger partial charge in [-0.25, -0.2) is 4.98 Å². The van der Waals surface area contributed by atoms with Gasteiger partial charge in [0.25, 0.3) is 0 Å². The summed E-state index contributed by atoms with van der Waals surface area (Å²) in [5.41, 5.74) is 7.47. The number of hydrogen-bond acceptors (Lipinski definition) is 3. The number of nitrogens with zero attached hydrogens (tertiary/aromatic N) is 1. The van der Waals surface area contributed by atoms with Gasteiger partial charge in [-0.05, 0) is 18.7 Å². The van der Waals surface area contributed by atoms with Crippen LogP contribution in [0.1, 0.15) is 5.69 Å². The summed E-state index contributed by atoms with van der Waals surface area (Å²) < 4.78 is 1.78. The Kier molecular flexibility index (Phi) is 3.97. The number of nitrogens with two attached hydrogens (primary N) is 1. The van der Waals surface area contributed by atoms with Crippen molar-refractivity contribution in [3.05, 3.63) is 38.8 Å². The van der Waals surface area contributed by atoms with Gasteiger partial charge < -0.3 is 5.73 Å². The molecule has 0 unspecified atom stereocenters. The maximum absolute atomic E-state index is 6.10. The van der Waals surface area contributed by atoms with Crippen molar-refractivity contribution < 1.29 is 0 Å². The van der Waals surface area contributed by atoms with Crippen LogP contribution in [0.2, 0.25) is 4.34 Å². The second-order valence-electron chi connectivity index (χ2n) is 3.29. The fourth-order valence-electron chi connectivity index (χ4n) is 1.37. The van der Waals surface area contributed by atoms with Crippen molar-refractivity contribution in [2.45, 2.75) is 6.42 Å². The predicted molar refractivity (Wildman–Crippen MR) is 73.0 cm³/mol. The molecule has 0 aliphatic rings. The van der Waals surface area contributed by atoms with Gasteiger partial charge in [-0.3, -0.25) is 0 Å². The highest BCUT2D eigenvalue weighted by molar-refractivity contribution is 9.10. The Labute approximate surface area is 112 Å². The molecule has 0 radical (unpaired) electrons. The molecule has 0 fully saturated rings. The van der Waals surface area contributed by atoms with Crippen LogP contribution in [0.15, 0.2) is 28.7 Å². The highest BCUT2D eigenvalue weighted by Crippen LogP contribution is 2.32. The van der Waals surface area contributed by atoms with Gasteiger partial charge in [0.15, 0.2) is 0 Å². The molecule has 0 saturated heterocycles. The summed E-state index contributed by atoms with van der Waals surface area (Å²) in [4.78, 5) is 4.50. The second-order valence-corrected chi connectivity index (χ2v) is 5.81. The van der Waals surface area contributed by atoms with Crippen molar-refractivity contribution in [1.29, 1.82) is 0 Å². The highest BCUT2D eigenvalue weighted by atomic mass is 79.9. The molecule has 0 aliphatic heterocycles. The molecule has 2 N–H and O–H groups in total. The molecule has 1 heterocycles. The predicted octanol–water partition coefficient (Wildman–Crippen LogP) is 3.73. The lowest BCUT2D eigenvalue weighted by atomic mass is 10.2. The number of rotatable bonds is 3. The van der Waals surface area contributed by atoms with Crippen molar-refractivity contribution in [3.63, 3.8) is 0 Å². The summed E-state index contributed by atoms with van der Waals surface area (Å²) in [6.45, 7) is 0.571. The van der Waals surface area contributed by atoms with Crippen molar-refractivity contribution >= 4 is 38.9 Å². The van der Waals surface area contributed by atoms with Gasteiger partial charge in [-0.15, -0.1) is 11.3 Å². The van der Waals surface area contributed by atoms with Crippen LogP contribution in [0, 0.1) is 0 Å². The summed E-state index contributed by atoms with van der Waals surface area (Å²) in [5, 5.41) is 0.940. The van der Waals surface area contributed by atoms with Crippen molar-refractivity contribution in [1.82, 2.24) is 4.98 Å². The van der Waals surface area contributed by atoms with E-state index in [9.17, 15) is 0 Å². The molecule has 5 heteroatoms. The van der Waals surface area contributed by atoms with Gasteiger partial charge in [-0.2, -0.15) is 0 Å². The lowest BCUT2D eigenvalue weighted by Crippen LogP contribution is -2.03. The summed E-state index contributed by atoms with van der Waals surface area (Å²) in [5.74, 6) is 0. The van der Waals surface area contributed by atoms with Crippen LogP contribution in [-0.2, 0) is 6.42 Å². The molecular weight excluding hydrogens is 308 g/mol. The van der Waals surface area contributed by atoms with Crippen LogP contribution in [0.3, 0.4) is 0 Å². The van der Waals surface area contributed by atoms with Crippen LogP contribution in [-0.4, -0.2) is 11.5 Å². The topological polar surface area (TPSA) is 38.9 Å². The maximum Gasteiger partial charge on any atom is 0.125 e. The first kappa shape index (κ1) is 12.0. The standard InChI is InChI=1S/C11H10BrClN2S/c12-8-3-1-2-7(6-8)11-15-9(4-5-14)10(13)16-11/h1-3,6H,4-5,14H2. The Morgan fingerprint density at radius 3 is 2.94 bits per heavy atom. The van der Waals surface area contributed by atoms with E-state index in [1.165, 1.54) is 11.3 Å². The lowest BCUT2D eigenvalue weighted by molar-refractivity contribution is 0.936. The monoisotopic (exact) mass is 316 g/mol. The normalized spacial score (nSPS) is 10.7. The van der Waals surface area contributed by atoms with Crippen LogP contribution in [0.5, 0.6) is 0 Å². The molecular formula is C11H10BrClN2S. The molecule has 16 heavy (non-hydrogen) atoms. The first-order chi connectivity index (χ1) is 7.70. The smallest absolute Gasteiger partial charge is 0.125 e. The van der Waals surface area contributed by atoms with E-state index in [0.717, 1.165) is 31.5 Å². The molecule has 1 aromatic carbocycles. The minimum Gasteiger partial charge on any atom is -0.330 e. The van der Waals surface area contributed by atoms with Crippen molar-refractivity contribution in [3.8, 4) is 10.6 Å². The summed E-state index contributed by atoms with van der Waals surface area (Å²) in [6, 6.07) is 8.02. The zero-order valence-corrected chi connectivity index (χ0v) is 11.6. The molecule has 1 aromatic heterocycles. The highest BCUT2D eigenvalue weighted by Gasteiger charge is 2.10. The molecule has 0 aliphatic carbocycles. The van der Waals surface area contributed by atoms with Gasteiger partial charge in [0, 0.05) is 16.5 Å². The van der Waals surface area contributed by atoms with E-state index >= 15 is 0 Å². The van der Waals surface area contributed by atoms with Gasteiger partial charge in [0.05, 0.1) is 5.69 Å².